The van der Waals surface area contributed by atoms with Gasteiger partial charge >= 0.3 is 0 Å². The summed E-state index contributed by atoms with van der Waals surface area (Å²) in [5.41, 5.74) is -0.367. The van der Waals surface area contributed by atoms with E-state index in [1.807, 2.05) is 0 Å². The van der Waals surface area contributed by atoms with Crippen LogP contribution in [0.4, 0.5) is 0 Å². The molecule has 1 fully saturated rings. The van der Waals surface area contributed by atoms with E-state index in [1.54, 1.807) is 0 Å². The van der Waals surface area contributed by atoms with Gasteiger partial charge in [0, 0.05) is 18.3 Å². The molecule has 0 bridgehead atoms. The van der Waals surface area contributed by atoms with E-state index in [-0.39, 0.29) is 16.8 Å². The number of nitrogens with zero attached hydrogens (tertiary/aromatic N) is 1. The molecule has 1 aromatic heterocycles. The van der Waals surface area contributed by atoms with Crippen LogP contribution in [0.2, 0.25) is 0 Å². The van der Waals surface area contributed by atoms with Crippen LogP contribution in [-0.4, -0.2) is 45.1 Å². The van der Waals surface area contributed by atoms with E-state index in [1.165, 1.54) is 19.3 Å². The highest BCUT2D eigenvalue weighted by molar-refractivity contribution is 6.01. The monoisotopic (exact) mass is 322 g/mol. The molecule has 7 heteroatoms. The molecule has 1 saturated carbocycles. The van der Waals surface area contributed by atoms with Gasteiger partial charge in [0.05, 0.1) is 12.2 Å². The van der Waals surface area contributed by atoms with E-state index in [9.17, 15) is 19.8 Å². The minimum Gasteiger partial charge on any atom is -0.505 e. The fourth-order valence-corrected chi connectivity index (χ4v) is 2.90. The molecule has 2 rings (SSSR count). The van der Waals surface area contributed by atoms with E-state index in [2.05, 4.69) is 10.3 Å². The summed E-state index contributed by atoms with van der Waals surface area (Å²) >= 11 is 0. The quantitative estimate of drug-likeness (QED) is 0.574. The summed E-state index contributed by atoms with van der Waals surface area (Å²) in [6, 6.07) is 0. The maximum absolute atomic E-state index is 12.3. The summed E-state index contributed by atoms with van der Waals surface area (Å²) in [6.07, 6.45) is 6.88. The number of hydrogen-bond donors (Lipinski definition) is 4. The zero-order valence-electron chi connectivity index (χ0n) is 12.9. The van der Waals surface area contributed by atoms with Crippen molar-refractivity contribution in [1.82, 2.24) is 10.3 Å². The zero-order chi connectivity index (χ0) is 16.8. The molecule has 1 heterocycles. The molecule has 0 aromatic carbocycles. The first kappa shape index (κ1) is 17.4. The number of hydrogen-bond acceptors (Lipinski definition) is 6. The number of rotatable bonds is 6. The van der Waals surface area contributed by atoms with Crippen molar-refractivity contribution < 1.29 is 24.9 Å². The van der Waals surface area contributed by atoms with Gasteiger partial charge in [-0.1, -0.05) is 19.3 Å². The Kier molecular flexibility index (Phi) is 6.06. The number of carbonyl (C=O) groups excluding carboxylic acids is 2. The van der Waals surface area contributed by atoms with Crippen molar-refractivity contribution in [3.63, 3.8) is 0 Å². The Morgan fingerprint density at radius 1 is 1.22 bits per heavy atom. The summed E-state index contributed by atoms with van der Waals surface area (Å²) in [4.78, 5) is 27.5. The maximum Gasteiger partial charge on any atom is 0.253 e. The van der Waals surface area contributed by atoms with Crippen LogP contribution in [0, 0.1) is 5.92 Å². The summed E-state index contributed by atoms with van der Waals surface area (Å²) in [5.74, 6) is -1.32. The van der Waals surface area contributed by atoms with E-state index >= 15 is 0 Å². The normalized spacial score (nSPS) is 15.4. The first-order valence-electron chi connectivity index (χ1n) is 7.82. The first-order valence-corrected chi connectivity index (χ1v) is 7.82. The average Bonchev–Trinajstić information content (AvgIpc) is 2.59. The third kappa shape index (κ3) is 4.05. The molecule has 126 valence electrons. The van der Waals surface area contributed by atoms with Gasteiger partial charge in [0.25, 0.3) is 5.91 Å². The number of Topliss-reactive ketones (excluding diaryl/α,β-unsaturated/α-hetero) is 1. The lowest BCUT2D eigenvalue weighted by atomic mass is 9.89. The van der Waals surface area contributed by atoms with Crippen LogP contribution in [0.15, 0.2) is 6.20 Å². The molecule has 0 aliphatic heterocycles. The molecule has 1 aliphatic carbocycles. The Labute approximate surface area is 134 Å². The summed E-state index contributed by atoms with van der Waals surface area (Å²) < 4.78 is 0. The Morgan fingerprint density at radius 2 is 1.91 bits per heavy atom. The number of aromatic hydroxyl groups is 1. The number of amides is 1. The Hall–Kier alpha value is -1.99. The standard InChI is InChI=1S/C16H22N2O5/c19-8-12-11(7-17-14(15(12)22)13(21)9-20)16(23)18-6-10-4-2-1-3-5-10/h7,10,19-20,22H,1-6,8-9H2,(H,18,23). The Morgan fingerprint density at radius 3 is 2.52 bits per heavy atom. The highest BCUT2D eigenvalue weighted by Gasteiger charge is 2.22. The van der Waals surface area contributed by atoms with Crippen molar-refractivity contribution in [3.8, 4) is 5.75 Å². The lowest BCUT2D eigenvalue weighted by molar-refractivity contribution is 0.0891. The van der Waals surface area contributed by atoms with Gasteiger partial charge in [0.15, 0.2) is 11.4 Å². The van der Waals surface area contributed by atoms with Crippen molar-refractivity contribution in [3.05, 3.63) is 23.0 Å². The number of aliphatic hydroxyl groups excluding tert-OH is 2. The van der Waals surface area contributed by atoms with E-state index in [4.69, 9.17) is 5.11 Å². The van der Waals surface area contributed by atoms with Gasteiger partial charge in [-0.2, -0.15) is 0 Å². The van der Waals surface area contributed by atoms with Crippen LogP contribution < -0.4 is 5.32 Å². The zero-order valence-corrected chi connectivity index (χ0v) is 12.9. The number of nitrogens with one attached hydrogen (secondary N) is 1. The molecule has 1 aromatic rings. The highest BCUT2D eigenvalue weighted by atomic mass is 16.3. The van der Waals surface area contributed by atoms with Crippen LogP contribution in [0.25, 0.3) is 0 Å². The van der Waals surface area contributed by atoms with Crippen molar-refractivity contribution in [2.75, 3.05) is 13.2 Å². The summed E-state index contributed by atoms with van der Waals surface area (Å²) in [5, 5.41) is 31.0. The fourth-order valence-electron chi connectivity index (χ4n) is 2.90. The maximum atomic E-state index is 12.3. The van der Waals surface area contributed by atoms with Gasteiger partial charge in [0.1, 0.15) is 6.61 Å². The minimum atomic E-state index is -0.807. The van der Waals surface area contributed by atoms with Crippen LogP contribution >= 0.6 is 0 Å². The summed E-state index contributed by atoms with van der Waals surface area (Å²) in [6.45, 7) is -0.868. The molecule has 0 atom stereocenters. The number of ketones is 1. The number of aliphatic hydroxyl groups is 2. The predicted molar refractivity (Wildman–Crippen MR) is 82.1 cm³/mol. The molecule has 23 heavy (non-hydrogen) atoms. The van der Waals surface area contributed by atoms with Gasteiger partial charge in [-0.3, -0.25) is 9.59 Å². The van der Waals surface area contributed by atoms with Crippen LogP contribution in [0.5, 0.6) is 5.75 Å². The fraction of sp³-hybridized carbons (Fsp3) is 0.562. The minimum absolute atomic E-state index is 0.0373. The largest absolute Gasteiger partial charge is 0.505 e. The molecular weight excluding hydrogens is 300 g/mol. The van der Waals surface area contributed by atoms with Gasteiger partial charge in [-0.05, 0) is 18.8 Å². The van der Waals surface area contributed by atoms with E-state index < -0.39 is 30.7 Å². The van der Waals surface area contributed by atoms with Gasteiger partial charge < -0.3 is 20.6 Å². The van der Waals surface area contributed by atoms with Crippen LogP contribution in [-0.2, 0) is 6.61 Å². The predicted octanol–water partition coefficient (Wildman–Crippen LogP) is 0.765. The molecule has 1 amide bonds. The molecule has 0 radical (unpaired) electrons. The number of aromatic nitrogens is 1. The third-order valence-corrected chi connectivity index (χ3v) is 4.24. The van der Waals surface area contributed by atoms with E-state index in [0.29, 0.717) is 12.5 Å². The Bertz CT molecular complexity index is 582. The third-order valence-electron chi connectivity index (χ3n) is 4.24. The molecule has 4 N–H and O–H groups in total. The average molecular weight is 322 g/mol. The molecule has 0 unspecified atom stereocenters. The second-order valence-corrected chi connectivity index (χ2v) is 5.80. The van der Waals surface area contributed by atoms with Gasteiger partial charge in [0.2, 0.25) is 5.78 Å². The van der Waals surface area contributed by atoms with Crippen molar-refractivity contribution >= 4 is 11.7 Å². The smallest absolute Gasteiger partial charge is 0.253 e. The number of pyridine rings is 1. The van der Waals surface area contributed by atoms with Crippen LogP contribution in [0.1, 0.15) is 58.5 Å². The molecule has 1 aliphatic rings. The number of carbonyl (C=O) groups is 2. The lowest BCUT2D eigenvalue weighted by Gasteiger charge is -2.22. The molecular formula is C16H22N2O5. The molecule has 0 saturated heterocycles. The van der Waals surface area contributed by atoms with Gasteiger partial charge in [-0.25, -0.2) is 4.98 Å². The second kappa shape index (κ2) is 8.03. The van der Waals surface area contributed by atoms with Gasteiger partial charge in [-0.15, -0.1) is 0 Å². The van der Waals surface area contributed by atoms with Crippen molar-refractivity contribution in [2.45, 2.75) is 38.7 Å². The summed E-state index contributed by atoms with van der Waals surface area (Å²) in [7, 11) is 0. The highest BCUT2D eigenvalue weighted by Crippen LogP contribution is 2.26. The lowest BCUT2D eigenvalue weighted by Crippen LogP contribution is -2.31. The van der Waals surface area contributed by atoms with Crippen molar-refractivity contribution in [1.29, 1.82) is 0 Å². The topological polar surface area (TPSA) is 120 Å². The Balaban J connectivity index is 2.13. The van der Waals surface area contributed by atoms with Crippen molar-refractivity contribution in [2.24, 2.45) is 5.92 Å². The SMILES string of the molecule is O=C(NCC1CCCCC1)c1cnc(C(=O)CO)c(O)c1CO. The molecule has 7 nitrogen and oxygen atoms in total. The molecule has 0 spiro atoms. The van der Waals surface area contributed by atoms with Crippen LogP contribution in [0.3, 0.4) is 0 Å². The second-order valence-electron chi connectivity index (χ2n) is 5.80. The van der Waals surface area contributed by atoms with E-state index in [0.717, 1.165) is 19.0 Å². The first-order chi connectivity index (χ1) is 11.1.